The quantitative estimate of drug-likeness (QED) is 0.719. The molecule has 0 aromatic carbocycles. The minimum atomic E-state index is -0.368. The average Bonchev–Trinajstić information content (AvgIpc) is 2.64. The number of hydrogen-bond donors (Lipinski definition) is 2. The van der Waals surface area contributed by atoms with Crippen molar-refractivity contribution in [2.75, 3.05) is 7.11 Å². The largest absolute Gasteiger partial charge is 0.464 e. The van der Waals surface area contributed by atoms with Gasteiger partial charge in [0.1, 0.15) is 5.69 Å². The molecule has 14 heavy (non-hydrogen) atoms. The summed E-state index contributed by atoms with van der Waals surface area (Å²) in [4.78, 5) is 14.0. The number of aromatic amines is 1. The van der Waals surface area contributed by atoms with E-state index in [4.69, 9.17) is 5.73 Å². The number of nitrogens with one attached hydrogen (secondary N) is 1. The molecule has 0 saturated carbocycles. The van der Waals surface area contributed by atoms with E-state index < -0.39 is 0 Å². The molecule has 0 amide bonds. The SMILES string of the molecule is COC(=O)c1cc([C@@H](N)C(C)C)c[nH]1. The van der Waals surface area contributed by atoms with Gasteiger partial charge in [0.25, 0.3) is 0 Å². The highest BCUT2D eigenvalue weighted by atomic mass is 16.5. The second-order valence-electron chi connectivity index (χ2n) is 3.61. The van der Waals surface area contributed by atoms with Gasteiger partial charge in [-0.05, 0) is 17.5 Å². The van der Waals surface area contributed by atoms with Crippen LogP contribution in [0.2, 0.25) is 0 Å². The number of methoxy groups -OCH3 is 1. The molecule has 0 aliphatic rings. The van der Waals surface area contributed by atoms with Crippen LogP contribution >= 0.6 is 0 Å². The summed E-state index contributed by atoms with van der Waals surface area (Å²) in [5.74, 6) is -0.0245. The van der Waals surface area contributed by atoms with Gasteiger partial charge in [-0.15, -0.1) is 0 Å². The molecule has 1 aromatic heterocycles. The maximum atomic E-state index is 11.1. The number of nitrogens with two attached hydrogens (primary N) is 1. The molecule has 0 saturated heterocycles. The van der Waals surface area contributed by atoms with E-state index in [2.05, 4.69) is 9.72 Å². The lowest BCUT2D eigenvalue weighted by molar-refractivity contribution is 0.0595. The van der Waals surface area contributed by atoms with E-state index in [0.717, 1.165) is 5.56 Å². The molecule has 0 aliphatic carbocycles. The predicted octanol–water partition coefficient (Wildman–Crippen LogP) is 1.46. The third-order valence-electron chi connectivity index (χ3n) is 2.21. The van der Waals surface area contributed by atoms with Crippen LogP contribution in [-0.2, 0) is 4.74 Å². The first-order valence-corrected chi connectivity index (χ1v) is 4.58. The summed E-state index contributed by atoms with van der Waals surface area (Å²) in [5, 5.41) is 0. The molecule has 1 aromatic rings. The van der Waals surface area contributed by atoms with E-state index >= 15 is 0 Å². The Kier molecular flexibility index (Phi) is 3.30. The Labute approximate surface area is 83.4 Å². The predicted molar refractivity (Wildman–Crippen MR) is 53.9 cm³/mol. The van der Waals surface area contributed by atoms with Crippen LogP contribution in [-0.4, -0.2) is 18.1 Å². The first-order chi connectivity index (χ1) is 6.56. The lowest BCUT2D eigenvalue weighted by Crippen LogP contribution is -2.15. The third kappa shape index (κ3) is 2.14. The molecule has 1 heterocycles. The molecule has 0 spiro atoms. The van der Waals surface area contributed by atoms with Gasteiger partial charge in [-0.1, -0.05) is 13.8 Å². The number of carbonyl (C=O) groups excluding carboxylic acids is 1. The zero-order valence-corrected chi connectivity index (χ0v) is 8.70. The normalized spacial score (nSPS) is 12.9. The van der Waals surface area contributed by atoms with E-state index in [1.807, 2.05) is 13.8 Å². The highest BCUT2D eigenvalue weighted by Gasteiger charge is 2.14. The van der Waals surface area contributed by atoms with Crippen molar-refractivity contribution in [2.45, 2.75) is 19.9 Å². The maximum absolute atomic E-state index is 11.1. The molecule has 0 bridgehead atoms. The van der Waals surface area contributed by atoms with Crippen LogP contribution < -0.4 is 5.73 Å². The summed E-state index contributed by atoms with van der Waals surface area (Å²) >= 11 is 0. The van der Waals surface area contributed by atoms with Gasteiger partial charge in [-0.3, -0.25) is 0 Å². The molecule has 0 fully saturated rings. The van der Waals surface area contributed by atoms with Gasteiger partial charge in [0, 0.05) is 12.2 Å². The maximum Gasteiger partial charge on any atom is 0.354 e. The van der Waals surface area contributed by atoms with Crippen molar-refractivity contribution in [3.8, 4) is 0 Å². The highest BCUT2D eigenvalue weighted by Crippen LogP contribution is 2.19. The van der Waals surface area contributed by atoms with Gasteiger partial charge in [-0.2, -0.15) is 0 Å². The Morgan fingerprint density at radius 2 is 2.21 bits per heavy atom. The number of rotatable bonds is 3. The van der Waals surface area contributed by atoms with Crippen molar-refractivity contribution < 1.29 is 9.53 Å². The third-order valence-corrected chi connectivity index (χ3v) is 2.21. The van der Waals surface area contributed by atoms with Crippen molar-refractivity contribution in [3.63, 3.8) is 0 Å². The number of aromatic nitrogens is 1. The minimum Gasteiger partial charge on any atom is -0.464 e. The molecule has 0 radical (unpaired) electrons. The standard InChI is InChI=1S/C10H16N2O2/c1-6(2)9(11)7-4-8(12-5-7)10(13)14-3/h4-6,9,12H,11H2,1-3H3/t9-/m0/s1. The van der Waals surface area contributed by atoms with Crippen LogP contribution in [0.3, 0.4) is 0 Å². The van der Waals surface area contributed by atoms with Crippen molar-refractivity contribution in [2.24, 2.45) is 11.7 Å². The van der Waals surface area contributed by atoms with Crippen LogP contribution in [0.4, 0.5) is 0 Å². The number of hydrogen-bond acceptors (Lipinski definition) is 3. The van der Waals surface area contributed by atoms with Crippen molar-refractivity contribution in [1.82, 2.24) is 4.98 Å². The topological polar surface area (TPSA) is 68.1 Å². The molecule has 0 unspecified atom stereocenters. The number of H-pyrrole nitrogens is 1. The molecule has 1 rings (SSSR count). The first kappa shape index (κ1) is 10.8. The summed E-state index contributed by atoms with van der Waals surface area (Å²) in [6, 6.07) is 1.68. The zero-order valence-electron chi connectivity index (χ0n) is 8.70. The molecular formula is C10H16N2O2. The van der Waals surface area contributed by atoms with Crippen molar-refractivity contribution >= 4 is 5.97 Å². The second-order valence-corrected chi connectivity index (χ2v) is 3.61. The molecule has 3 N–H and O–H groups in total. The fraction of sp³-hybridized carbons (Fsp3) is 0.500. The monoisotopic (exact) mass is 196 g/mol. The fourth-order valence-electron chi connectivity index (χ4n) is 1.22. The van der Waals surface area contributed by atoms with E-state index in [-0.39, 0.29) is 12.0 Å². The molecule has 78 valence electrons. The Bertz CT molecular complexity index is 318. The molecular weight excluding hydrogens is 180 g/mol. The van der Waals surface area contributed by atoms with Gasteiger partial charge in [0.05, 0.1) is 7.11 Å². The van der Waals surface area contributed by atoms with Gasteiger partial charge < -0.3 is 15.5 Å². The van der Waals surface area contributed by atoms with Crippen LogP contribution in [0.15, 0.2) is 12.3 Å². The Morgan fingerprint density at radius 1 is 1.57 bits per heavy atom. The highest BCUT2D eigenvalue weighted by molar-refractivity contribution is 5.87. The van der Waals surface area contributed by atoms with Crippen LogP contribution in [0.1, 0.15) is 35.9 Å². The number of ether oxygens (including phenoxy) is 1. The van der Waals surface area contributed by atoms with Crippen LogP contribution in [0, 0.1) is 5.92 Å². The van der Waals surface area contributed by atoms with Gasteiger partial charge in [0.2, 0.25) is 0 Å². The summed E-state index contributed by atoms with van der Waals surface area (Å²) in [6.45, 7) is 4.07. The summed E-state index contributed by atoms with van der Waals surface area (Å²) < 4.78 is 4.58. The van der Waals surface area contributed by atoms with E-state index in [9.17, 15) is 4.79 Å². The lowest BCUT2D eigenvalue weighted by Gasteiger charge is -2.12. The fourth-order valence-corrected chi connectivity index (χ4v) is 1.22. The first-order valence-electron chi connectivity index (χ1n) is 4.58. The van der Waals surface area contributed by atoms with Crippen molar-refractivity contribution in [3.05, 3.63) is 23.5 Å². The van der Waals surface area contributed by atoms with E-state index in [0.29, 0.717) is 11.6 Å². The molecule has 4 nitrogen and oxygen atoms in total. The van der Waals surface area contributed by atoms with Gasteiger partial charge in [-0.25, -0.2) is 4.79 Å². The van der Waals surface area contributed by atoms with Gasteiger partial charge >= 0.3 is 5.97 Å². The summed E-state index contributed by atoms with van der Waals surface area (Å²) in [7, 11) is 1.35. The Morgan fingerprint density at radius 3 is 2.71 bits per heavy atom. The summed E-state index contributed by atoms with van der Waals surface area (Å²) in [5.41, 5.74) is 7.29. The Balaban J connectivity index is 2.82. The zero-order chi connectivity index (χ0) is 10.7. The Hall–Kier alpha value is -1.29. The van der Waals surface area contributed by atoms with E-state index in [1.165, 1.54) is 7.11 Å². The minimum absolute atomic E-state index is 0.0512. The number of carbonyl (C=O) groups is 1. The summed E-state index contributed by atoms with van der Waals surface area (Å²) in [6.07, 6.45) is 1.75. The molecule has 0 aliphatic heterocycles. The molecule has 1 atom stereocenters. The van der Waals surface area contributed by atoms with Crippen LogP contribution in [0.5, 0.6) is 0 Å². The van der Waals surface area contributed by atoms with E-state index in [1.54, 1.807) is 12.3 Å². The second kappa shape index (κ2) is 4.28. The molecule has 4 heteroatoms. The van der Waals surface area contributed by atoms with Crippen LogP contribution in [0.25, 0.3) is 0 Å². The van der Waals surface area contributed by atoms with Gasteiger partial charge in [0.15, 0.2) is 0 Å². The average molecular weight is 196 g/mol. The number of esters is 1. The van der Waals surface area contributed by atoms with Crippen molar-refractivity contribution in [1.29, 1.82) is 0 Å². The smallest absolute Gasteiger partial charge is 0.354 e. The lowest BCUT2D eigenvalue weighted by atomic mass is 9.99.